The second-order valence-corrected chi connectivity index (χ2v) is 10.8. The Bertz CT molecular complexity index is 1180. The van der Waals surface area contributed by atoms with E-state index < -0.39 is 11.8 Å². The Kier molecular flexibility index (Phi) is 9.31. The van der Waals surface area contributed by atoms with Crippen molar-refractivity contribution < 1.29 is 32.6 Å². The molecule has 0 saturated carbocycles. The number of aromatic nitrogens is 2. The molecule has 3 rings (SSSR count). The van der Waals surface area contributed by atoms with Crippen molar-refractivity contribution in [2.75, 3.05) is 0 Å². The predicted octanol–water partition coefficient (Wildman–Crippen LogP) is 5.25. The van der Waals surface area contributed by atoms with Gasteiger partial charge in [-0.25, -0.2) is 0 Å². The van der Waals surface area contributed by atoms with Gasteiger partial charge in [-0.05, 0) is 58.4 Å². The number of rotatable bonds is 4. The molecule has 0 bridgehead atoms. The molecular weight excluding hydrogens is 668 g/mol. The zero-order chi connectivity index (χ0) is 25.3. The summed E-state index contributed by atoms with van der Waals surface area (Å²) in [5.74, 6) is -1.16. The Balaban J connectivity index is 0.00000432. The first-order valence-corrected chi connectivity index (χ1v) is 11.5. The van der Waals surface area contributed by atoms with Crippen molar-refractivity contribution >= 4 is 46.4 Å². The van der Waals surface area contributed by atoms with Crippen LogP contribution in [0.5, 0.6) is 0 Å². The second kappa shape index (κ2) is 11.2. The van der Waals surface area contributed by atoms with Gasteiger partial charge in [-0.2, -0.15) is 0 Å². The molecule has 0 unspecified atom stereocenters. The van der Waals surface area contributed by atoms with Crippen molar-refractivity contribution in [2.45, 2.75) is 52.4 Å². The fraction of sp³-hybridized carbons (Fsp3) is 0.308. The van der Waals surface area contributed by atoms with Crippen LogP contribution in [0.2, 0.25) is 10.0 Å². The largest absolute Gasteiger partial charge is 3.00 e. The van der Waals surface area contributed by atoms with Crippen LogP contribution in [0.15, 0.2) is 58.8 Å². The molecule has 0 aliphatic heterocycles. The van der Waals surface area contributed by atoms with E-state index in [1.165, 1.54) is 12.1 Å². The number of hydrogen-bond acceptors (Lipinski definition) is 6. The molecule has 0 aliphatic rings. The minimum absolute atomic E-state index is 0. The third-order valence-corrected chi connectivity index (χ3v) is 5.87. The number of hydrogen-bond donors (Lipinski definition) is 0. The Morgan fingerprint density at radius 2 is 1.03 bits per heavy atom. The molecule has 0 spiro atoms. The standard InChI is InChI=1S/C26H28Cl2N4O2.Au/c1-25(2,3)15-7-9-29-21(11-15)23(33)31-19-13-17(27)18(28)14-20(19)32-24(34)22-12-16(8-10-30-22)26(4,5)6;/h7-14H,1-6H3,(H,31,33)(H,32,34);/q;+3/p-2. The van der Waals surface area contributed by atoms with Crippen molar-refractivity contribution in [2.24, 2.45) is 9.98 Å². The van der Waals surface area contributed by atoms with E-state index in [0.29, 0.717) is 0 Å². The van der Waals surface area contributed by atoms with E-state index >= 15 is 0 Å². The van der Waals surface area contributed by atoms with E-state index in [1.54, 1.807) is 24.5 Å². The van der Waals surface area contributed by atoms with Gasteiger partial charge in [0.1, 0.15) is 0 Å². The summed E-state index contributed by atoms with van der Waals surface area (Å²) in [4.78, 5) is 16.6. The van der Waals surface area contributed by atoms with Crippen molar-refractivity contribution in [3.8, 4) is 0 Å². The first-order chi connectivity index (χ1) is 15.8. The van der Waals surface area contributed by atoms with Gasteiger partial charge in [-0.3, -0.25) is 20.0 Å². The van der Waals surface area contributed by atoms with Crippen LogP contribution in [-0.2, 0) is 33.2 Å². The first-order valence-electron chi connectivity index (χ1n) is 10.7. The van der Waals surface area contributed by atoms with Gasteiger partial charge >= 0.3 is 22.4 Å². The minimum atomic E-state index is -0.582. The van der Waals surface area contributed by atoms with Crippen LogP contribution in [0.25, 0.3) is 0 Å². The minimum Gasteiger partial charge on any atom is -0.857 e. The number of nitrogens with zero attached hydrogens (tertiary/aromatic N) is 4. The fourth-order valence-corrected chi connectivity index (χ4v) is 3.38. The number of benzene rings is 1. The van der Waals surface area contributed by atoms with E-state index in [9.17, 15) is 10.2 Å². The van der Waals surface area contributed by atoms with Crippen molar-refractivity contribution in [1.29, 1.82) is 0 Å². The van der Waals surface area contributed by atoms with Crippen LogP contribution in [0.3, 0.4) is 0 Å². The van der Waals surface area contributed by atoms with Gasteiger partial charge in [-0.15, -0.1) is 0 Å². The van der Waals surface area contributed by atoms with E-state index in [-0.39, 0.29) is 66.0 Å². The maximum absolute atomic E-state index is 12.9. The van der Waals surface area contributed by atoms with E-state index in [4.69, 9.17) is 23.2 Å². The summed E-state index contributed by atoms with van der Waals surface area (Å²) in [5.41, 5.74) is 2.14. The van der Waals surface area contributed by atoms with Gasteiger partial charge in [0.25, 0.3) is 0 Å². The summed E-state index contributed by atoms with van der Waals surface area (Å²) in [5, 5.41) is 26.2. The fourth-order valence-electron chi connectivity index (χ4n) is 3.07. The smallest absolute Gasteiger partial charge is 0.857 e. The molecule has 1 aromatic carbocycles. The number of aliphatic imine (C=N–C) groups is 2. The zero-order valence-corrected chi connectivity index (χ0v) is 24.0. The molecule has 0 atom stereocenters. The van der Waals surface area contributed by atoms with Crippen LogP contribution < -0.4 is 10.2 Å². The van der Waals surface area contributed by atoms with E-state index in [2.05, 4.69) is 20.0 Å². The summed E-state index contributed by atoms with van der Waals surface area (Å²) in [6, 6.07) is 9.92. The zero-order valence-electron chi connectivity index (χ0n) is 20.3. The summed E-state index contributed by atoms with van der Waals surface area (Å²) >= 11 is 12.3. The van der Waals surface area contributed by atoms with Gasteiger partial charge in [0.05, 0.1) is 32.8 Å². The third-order valence-electron chi connectivity index (χ3n) is 5.15. The van der Waals surface area contributed by atoms with Gasteiger partial charge in [0, 0.05) is 24.2 Å². The Hall–Kier alpha value is -2.22. The molecule has 0 radical (unpaired) electrons. The average Bonchev–Trinajstić information content (AvgIpc) is 2.76. The molecule has 0 aliphatic carbocycles. The van der Waals surface area contributed by atoms with Crippen LogP contribution in [0.4, 0.5) is 11.4 Å². The van der Waals surface area contributed by atoms with Crippen LogP contribution >= 0.6 is 23.2 Å². The summed E-state index contributed by atoms with van der Waals surface area (Å²) in [6.45, 7) is 12.2. The maximum Gasteiger partial charge on any atom is 3.00 e. The van der Waals surface area contributed by atoms with Crippen LogP contribution in [0, 0.1) is 0 Å². The molecule has 0 fully saturated rings. The van der Waals surface area contributed by atoms with E-state index in [1.807, 2.05) is 53.7 Å². The summed E-state index contributed by atoms with van der Waals surface area (Å²) in [7, 11) is 0. The molecule has 3 aromatic rings. The number of pyridine rings is 2. The summed E-state index contributed by atoms with van der Waals surface area (Å²) in [6.07, 6.45) is 3.14. The normalized spacial score (nSPS) is 12.9. The molecule has 2 heterocycles. The topological polar surface area (TPSA) is 96.6 Å². The SMILES string of the molecule is CC(C)(C)c1ccnc(C([O-])=Nc2cc(Cl)c(Cl)cc2N=C([O-])c2cc(C(C)(C)C)ccn2)c1.[Au+3]. The molecule has 0 saturated heterocycles. The molecular formula is C26H26AuCl2N4O2+. The molecule has 9 heteroatoms. The molecule has 186 valence electrons. The predicted molar refractivity (Wildman–Crippen MR) is 135 cm³/mol. The van der Waals surface area contributed by atoms with E-state index in [0.717, 1.165) is 11.1 Å². The second-order valence-electron chi connectivity index (χ2n) is 9.95. The first kappa shape index (κ1) is 29.0. The Labute approximate surface area is 231 Å². The van der Waals surface area contributed by atoms with Gasteiger partial charge in [0.2, 0.25) is 0 Å². The summed E-state index contributed by atoms with van der Waals surface area (Å²) < 4.78 is 0. The van der Waals surface area contributed by atoms with Crippen molar-refractivity contribution in [1.82, 2.24) is 9.97 Å². The molecule has 6 nitrogen and oxygen atoms in total. The quantitative estimate of drug-likeness (QED) is 0.212. The van der Waals surface area contributed by atoms with Crippen molar-refractivity contribution in [3.05, 3.63) is 81.4 Å². The average molecular weight is 694 g/mol. The van der Waals surface area contributed by atoms with Gasteiger partial charge in [0.15, 0.2) is 0 Å². The number of halogens is 2. The Morgan fingerprint density at radius 1 is 0.686 bits per heavy atom. The maximum atomic E-state index is 12.9. The third kappa shape index (κ3) is 7.38. The molecule has 0 N–H and O–H groups in total. The van der Waals surface area contributed by atoms with Crippen LogP contribution in [0.1, 0.15) is 64.1 Å². The molecule has 2 aromatic heterocycles. The van der Waals surface area contributed by atoms with Crippen molar-refractivity contribution in [3.63, 3.8) is 0 Å². The molecule has 0 amide bonds. The monoisotopic (exact) mass is 693 g/mol. The van der Waals surface area contributed by atoms with Gasteiger partial charge < -0.3 is 10.2 Å². The molecule has 35 heavy (non-hydrogen) atoms. The Morgan fingerprint density at radius 3 is 1.34 bits per heavy atom. The van der Waals surface area contributed by atoms with Gasteiger partial charge in [-0.1, -0.05) is 64.7 Å². The van der Waals surface area contributed by atoms with Crippen LogP contribution in [-0.4, -0.2) is 21.8 Å².